The van der Waals surface area contributed by atoms with Gasteiger partial charge >= 0.3 is 0 Å². The maximum atomic E-state index is 8.94. The Bertz CT molecular complexity index is 289. The molecule has 0 saturated heterocycles. The van der Waals surface area contributed by atoms with E-state index in [1.807, 2.05) is 13.8 Å². The quantitative estimate of drug-likeness (QED) is 0.668. The van der Waals surface area contributed by atoms with Crippen LogP contribution in [0.15, 0.2) is 12.3 Å². The van der Waals surface area contributed by atoms with Crippen molar-refractivity contribution in [3.63, 3.8) is 0 Å². The highest BCUT2D eigenvalue weighted by atomic mass is 16.5. The zero-order valence-corrected chi connectivity index (χ0v) is 7.82. The lowest BCUT2D eigenvalue weighted by molar-refractivity contribution is 0.222. The minimum Gasteiger partial charge on any atom is -0.489 e. The maximum Gasteiger partial charge on any atom is 0.142 e. The van der Waals surface area contributed by atoms with Crippen LogP contribution < -0.4 is 10.2 Å². The molecule has 0 bridgehead atoms. The van der Waals surface area contributed by atoms with E-state index >= 15 is 0 Å². The van der Waals surface area contributed by atoms with Gasteiger partial charge in [-0.1, -0.05) is 5.46 Å². The first-order valence-corrected chi connectivity index (χ1v) is 4.15. The second-order valence-electron chi connectivity index (χ2n) is 3.04. The van der Waals surface area contributed by atoms with Crippen LogP contribution in [-0.4, -0.2) is 24.0 Å². The Labute approximate surface area is 79.2 Å². The molecule has 0 unspecified atom stereocenters. The third kappa shape index (κ3) is 2.74. The summed E-state index contributed by atoms with van der Waals surface area (Å²) in [5.74, 6) is 0.553. The van der Waals surface area contributed by atoms with Gasteiger partial charge < -0.3 is 9.84 Å². The smallest absolute Gasteiger partial charge is 0.142 e. The highest BCUT2D eigenvalue weighted by Gasteiger charge is 2.05. The van der Waals surface area contributed by atoms with Gasteiger partial charge in [0.15, 0.2) is 0 Å². The van der Waals surface area contributed by atoms with Gasteiger partial charge in [-0.2, -0.15) is 0 Å². The molecule has 3 nitrogen and oxygen atoms in total. The maximum absolute atomic E-state index is 8.94. The summed E-state index contributed by atoms with van der Waals surface area (Å²) in [5, 5.41) is 8.94. The number of aromatic nitrogens is 1. The summed E-state index contributed by atoms with van der Waals surface area (Å²) in [7, 11) is 5.53. The molecule has 1 N–H and O–H groups in total. The van der Waals surface area contributed by atoms with Crippen LogP contribution in [0.2, 0.25) is 0 Å². The lowest BCUT2D eigenvalue weighted by atomic mass is 9.98. The molecular weight excluding hydrogens is 165 g/mol. The Kier molecular flexibility index (Phi) is 3.31. The van der Waals surface area contributed by atoms with Crippen molar-refractivity contribution in [1.29, 1.82) is 0 Å². The van der Waals surface area contributed by atoms with Crippen LogP contribution in [0.3, 0.4) is 0 Å². The Morgan fingerprint density at radius 2 is 2.31 bits per heavy atom. The summed E-state index contributed by atoms with van der Waals surface area (Å²) in [6.45, 7) is 3.68. The Balaban J connectivity index is 2.94. The number of aliphatic hydroxyl groups is 1. The molecule has 0 amide bonds. The summed E-state index contributed by atoms with van der Waals surface area (Å²) in [5.41, 5.74) is 1.05. The first kappa shape index (κ1) is 10.1. The first-order chi connectivity index (χ1) is 6.13. The Morgan fingerprint density at radius 1 is 1.62 bits per heavy atom. The van der Waals surface area contributed by atoms with Crippen molar-refractivity contribution in [3.05, 3.63) is 18.0 Å². The summed E-state index contributed by atoms with van der Waals surface area (Å²) in [6.07, 6.45) is 1.55. The number of rotatable bonds is 3. The fraction of sp³-hybridized carbons (Fsp3) is 0.444. The minimum atomic E-state index is -0.137. The number of aliphatic hydroxyl groups excluding tert-OH is 1. The van der Waals surface area contributed by atoms with Gasteiger partial charge in [0, 0.05) is 6.20 Å². The van der Waals surface area contributed by atoms with Crippen LogP contribution in [-0.2, 0) is 6.61 Å². The molecule has 0 saturated carbocycles. The van der Waals surface area contributed by atoms with E-state index in [9.17, 15) is 0 Å². The van der Waals surface area contributed by atoms with E-state index in [-0.39, 0.29) is 12.7 Å². The van der Waals surface area contributed by atoms with Gasteiger partial charge in [-0.25, -0.2) is 0 Å². The molecule has 1 heterocycles. The fourth-order valence-corrected chi connectivity index (χ4v) is 0.963. The molecule has 0 spiro atoms. The summed E-state index contributed by atoms with van der Waals surface area (Å²) in [4.78, 5) is 3.95. The number of hydrogen-bond acceptors (Lipinski definition) is 3. The molecular formula is C9H12BNO2. The normalized spacial score (nSPS) is 10.5. The summed E-state index contributed by atoms with van der Waals surface area (Å²) in [6, 6.07) is 1.67. The molecule has 1 aromatic rings. The van der Waals surface area contributed by atoms with Crippen LogP contribution >= 0.6 is 0 Å². The number of ether oxygens (including phenoxy) is 1. The SMILES string of the molecule is [B]c1cnc(CO)c(OC(C)C)c1. The highest BCUT2D eigenvalue weighted by Crippen LogP contribution is 2.15. The molecule has 0 aromatic carbocycles. The third-order valence-corrected chi connectivity index (χ3v) is 1.46. The molecule has 4 heteroatoms. The van der Waals surface area contributed by atoms with Crippen molar-refractivity contribution in [1.82, 2.24) is 4.98 Å². The van der Waals surface area contributed by atoms with E-state index < -0.39 is 0 Å². The van der Waals surface area contributed by atoms with E-state index in [0.29, 0.717) is 16.9 Å². The highest BCUT2D eigenvalue weighted by molar-refractivity contribution is 6.32. The van der Waals surface area contributed by atoms with Crippen LogP contribution in [0.25, 0.3) is 0 Å². The summed E-state index contributed by atoms with van der Waals surface area (Å²) >= 11 is 0. The average Bonchev–Trinajstić information content (AvgIpc) is 2.03. The molecule has 1 aromatic heterocycles. The minimum absolute atomic E-state index is 0.0499. The van der Waals surface area contributed by atoms with Crippen molar-refractivity contribution in [2.24, 2.45) is 0 Å². The van der Waals surface area contributed by atoms with Crippen molar-refractivity contribution in [2.45, 2.75) is 26.6 Å². The average molecular weight is 177 g/mol. The molecule has 0 atom stereocenters. The second-order valence-corrected chi connectivity index (χ2v) is 3.04. The lowest BCUT2D eigenvalue weighted by Gasteiger charge is -2.12. The van der Waals surface area contributed by atoms with Gasteiger partial charge in [-0.15, -0.1) is 0 Å². The van der Waals surface area contributed by atoms with Gasteiger partial charge in [0.05, 0.1) is 12.7 Å². The first-order valence-electron chi connectivity index (χ1n) is 4.15. The fourth-order valence-electron chi connectivity index (χ4n) is 0.963. The van der Waals surface area contributed by atoms with E-state index in [1.54, 1.807) is 6.07 Å². The van der Waals surface area contributed by atoms with Crippen LogP contribution in [0, 0.1) is 0 Å². The van der Waals surface area contributed by atoms with Crippen LogP contribution in [0.1, 0.15) is 19.5 Å². The molecule has 68 valence electrons. The van der Waals surface area contributed by atoms with Gasteiger partial charge in [-0.05, 0) is 19.9 Å². The molecule has 0 aliphatic carbocycles. The predicted molar refractivity (Wildman–Crippen MR) is 51.3 cm³/mol. The van der Waals surface area contributed by atoms with Crippen LogP contribution in [0.4, 0.5) is 0 Å². The molecule has 13 heavy (non-hydrogen) atoms. The number of nitrogens with zero attached hydrogens (tertiary/aromatic N) is 1. The molecule has 1 rings (SSSR count). The van der Waals surface area contributed by atoms with Crippen molar-refractivity contribution < 1.29 is 9.84 Å². The summed E-state index contributed by atoms with van der Waals surface area (Å²) < 4.78 is 5.41. The predicted octanol–water partition coefficient (Wildman–Crippen LogP) is 0.155. The largest absolute Gasteiger partial charge is 0.489 e. The molecule has 0 fully saturated rings. The van der Waals surface area contributed by atoms with Crippen molar-refractivity contribution in [2.75, 3.05) is 0 Å². The topological polar surface area (TPSA) is 42.4 Å². The number of pyridine rings is 1. The Hall–Kier alpha value is -1.03. The molecule has 2 radical (unpaired) electrons. The third-order valence-electron chi connectivity index (χ3n) is 1.46. The Morgan fingerprint density at radius 3 is 2.85 bits per heavy atom. The van der Waals surface area contributed by atoms with E-state index in [2.05, 4.69) is 4.98 Å². The molecule has 0 aliphatic rings. The van der Waals surface area contributed by atoms with E-state index in [0.717, 1.165) is 0 Å². The van der Waals surface area contributed by atoms with E-state index in [1.165, 1.54) is 6.20 Å². The van der Waals surface area contributed by atoms with Gasteiger partial charge in [0.1, 0.15) is 19.3 Å². The molecule has 0 aliphatic heterocycles. The zero-order valence-electron chi connectivity index (χ0n) is 7.82. The zero-order chi connectivity index (χ0) is 9.84. The van der Waals surface area contributed by atoms with Crippen LogP contribution in [0.5, 0.6) is 5.75 Å². The second kappa shape index (κ2) is 4.28. The number of hydrogen-bond donors (Lipinski definition) is 1. The van der Waals surface area contributed by atoms with Gasteiger partial charge in [-0.3, -0.25) is 4.98 Å². The standard InChI is InChI=1S/C9H12BNO2/c1-6(2)13-9-3-7(10)4-11-8(9)5-12/h3-4,6,12H,5H2,1-2H3. The van der Waals surface area contributed by atoms with Crippen molar-refractivity contribution >= 4 is 13.3 Å². The monoisotopic (exact) mass is 177 g/mol. The van der Waals surface area contributed by atoms with Crippen molar-refractivity contribution in [3.8, 4) is 5.75 Å². The van der Waals surface area contributed by atoms with Gasteiger partial charge in [0.2, 0.25) is 0 Å². The lowest BCUT2D eigenvalue weighted by Crippen LogP contribution is -2.12. The van der Waals surface area contributed by atoms with Gasteiger partial charge in [0.25, 0.3) is 0 Å². The van der Waals surface area contributed by atoms with E-state index in [4.69, 9.17) is 17.7 Å².